The van der Waals surface area contributed by atoms with E-state index in [1.54, 1.807) is 12.1 Å². The molecular formula is C20H21F3N2O3. The summed E-state index contributed by atoms with van der Waals surface area (Å²) in [5.41, 5.74) is 0.907. The first-order chi connectivity index (χ1) is 13.4. The van der Waals surface area contributed by atoms with E-state index in [1.807, 2.05) is 12.1 Å². The summed E-state index contributed by atoms with van der Waals surface area (Å²) in [7, 11) is 0. The molecular weight excluding hydrogens is 373 g/mol. The van der Waals surface area contributed by atoms with Crippen LogP contribution in [0.25, 0.3) is 0 Å². The Hall–Kier alpha value is -2.58. The Kier molecular flexibility index (Phi) is 6.53. The van der Waals surface area contributed by atoms with Crippen molar-refractivity contribution in [2.24, 2.45) is 0 Å². The summed E-state index contributed by atoms with van der Waals surface area (Å²) in [5.74, 6) is -0.454. The summed E-state index contributed by atoms with van der Waals surface area (Å²) >= 11 is 0. The summed E-state index contributed by atoms with van der Waals surface area (Å²) in [6.07, 6.45) is -4.45. The molecule has 2 aromatic rings. The van der Waals surface area contributed by atoms with E-state index in [1.165, 1.54) is 12.1 Å². The van der Waals surface area contributed by atoms with E-state index in [9.17, 15) is 18.0 Å². The van der Waals surface area contributed by atoms with E-state index in [-0.39, 0.29) is 12.4 Å². The van der Waals surface area contributed by atoms with Crippen molar-refractivity contribution in [1.82, 2.24) is 4.90 Å². The molecule has 1 N–H and O–H groups in total. The molecule has 0 bridgehead atoms. The van der Waals surface area contributed by atoms with Crippen molar-refractivity contribution in [2.45, 2.75) is 12.7 Å². The van der Waals surface area contributed by atoms with Crippen LogP contribution in [0.15, 0.2) is 48.5 Å². The predicted octanol–water partition coefficient (Wildman–Crippen LogP) is 3.56. The van der Waals surface area contributed by atoms with Crippen molar-refractivity contribution >= 4 is 11.6 Å². The Morgan fingerprint density at radius 1 is 1.11 bits per heavy atom. The molecule has 28 heavy (non-hydrogen) atoms. The van der Waals surface area contributed by atoms with Gasteiger partial charge in [0.25, 0.3) is 5.91 Å². The highest BCUT2D eigenvalue weighted by atomic mass is 19.4. The number of benzene rings is 2. The largest absolute Gasteiger partial charge is 0.484 e. The Morgan fingerprint density at radius 2 is 1.82 bits per heavy atom. The number of alkyl halides is 3. The van der Waals surface area contributed by atoms with Crippen LogP contribution in [-0.4, -0.2) is 43.7 Å². The number of ether oxygens (including phenoxy) is 2. The lowest BCUT2D eigenvalue weighted by molar-refractivity contribution is -0.137. The van der Waals surface area contributed by atoms with Gasteiger partial charge in [0, 0.05) is 25.3 Å². The minimum atomic E-state index is -4.45. The van der Waals surface area contributed by atoms with E-state index in [0.717, 1.165) is 50.5 Å². The zero-order chi connectivity index (χ0) is 20.0. The number of carbonyl (C=O) groups is 1. The van der Waals surface area contributed by atoms with Gasteiger partial charge >= 0.3 is 6.18 Å². The van der Waals surface area contributed by atoms with Gasteiger partial charge in [-0.25, -0.2) is 0 Å². The number of halogens is 3. The van der Waals surface area contributed by atoms with Crippen LogP contribution in [0.5, 0.6) is 5.75 Å². The van der Waals surface area contributed by atoms with E-state index in [0.29, 0.717) is 5.69 Å². The number of rotatable bonds is 6. The lowest BCUT2D eigenvalue weighted by Gasteiger charge is -2.26. The molecule has 0 spiro atoms. The van der Waals surface area contributed by atoms with Crippen molar-refractivity contribution in [1.29, 1.82) is 0 Å². The Morgan fingerprint density at radius 3 is 2.50 bits per heavy atom. The smallest absolute Gasteiger partial charge is 0.416 e. The fraction of sp³-hybridized carbons (Fsp3) is 0.350. The molecule has 8 heteroatoms. The van der Waals surface area contributed by atoms with Crippen molar-refractivity contribution in [3.8, 4) is 5.75 Å². The van der Waals surface area contributed by atoms with Gasteiger partial charge in [-0.05, 0) is 35.9 Å². The number of nitrogens with zero attached hydrogens (tertiary/aromatic N) is 1. The molecule has 2 aromatic carbocycles. The molecule has 0 aliphatic carbocycles. The average Bonchev–Trinajstić information content (AvgIpc) is 2.68. The number of nitrogens with one attached hydrogen (secondary N) is 1. The number of morpholine rings is 1. The maximum atomic E-state index is 12.7. The van der Waals surface area contributed by atoms with Crippen LogP contribution < -0.4 is 10.1 Å². The monoisotopic (exact) mass is 394 g/mol. The summed E-state index contributed by atoms with van der Waals surface area (Å²) in [6.45, 7) is 3.70. The van der Waals surface area contributed by atoms with Gasteiger partial charge < -0.3 is 14.8 Å². The molecule has 1 aliphatic heterocycles. The predicted molar refractivity (Wildman–Crippen MR) is 98.1 cm³/mol. The summed E-state index contributed by atoms with van der Waals surface area (Å²) in [4.78, 5) is 14.3. The zero-order valence-electron chi connectivity index (χ0n) is 15.2. The molecule has 150 valence electrons. The standard InChI is InChI=1S/C20H21F3N2O3/c21-20(22,23)16-2-1-3-18(12-16)28-14-19(26)24-17-6-4-15(5-7-17)13-25-8-10-27-11-9-25/h1-7,12H,8-11,13-14H2,(H,24,26). The third-order valence-electron chi connectivity index (χ3n) is 4.28. The van der Waals surface area contributed by atoms with Crippen molar-refractivity contribution in [3.63, 3.8) is 0 Å². The normalized spacial score (nSPS) is 15.2. The second-order valence-corrected chi connectivity index (χ2v) is 6.45. The van der Waals surface area contributed by atoms with Crippen LogP contribution in [-0.2, 0) is 22.3 Å². The first-order valence-corrected chi connectivity index (χ1v) is 8.89. The van der Waals surface area contributed by atoms with Crippen LogP contribution in [0.3, 0.4) is 0 Å². The highest BCUT2D eigenvalue weighted by Crippen LogP contribution is 2.31. The molecule has 0 unspecified atom stereocenters. The maximum Gasteiger partial charge on any atom is 0.416 e. The van der Waals surface area contributed by atoms with Gasteiger partial charge in [-0.1, -0.05) is 18.2 Å². The maximum absolute atomic E-state index is 12.7. The Balaban J connectivity index is 1.48. The number of carbonyl (C=O) groups excluding carboxylic acids is 1. The topological polar surface area (TPSA) is 50.8 Å². The number of anilines is 1. The van der Waals surface area contributed by atoms with E-state index >= 15 is 0 Å². The van der Waals surface area contributed by atoms with Crippen molar-refractivity contribution < 1.29 is 27.4 Å². The van der Waals surface area contributed by atoms with Gasteiger partial charge in [-0.3, -0.25) is 9.69 Å². The molecule has 1 heterocycles. The van der Waals surface area contributed by atoms with Gasteiger partial charge in [0.05, 0.1) is 18.8 Å². The van der Waals surface area contributed by atoms with E-state index in [4.69, 9.17) is 9.47 Å². The fourth-order valence-electron chi connectivity index (χ4n) is 2.82. The average molecular weight is 394 g/mol. The molecule has 3 rings (SSSR count). The quantitative estimate of drug-likeness (QED) is 0.814. The molecule has 0 aromatic heterocycles. The zero-order valence-corrected chi connectivity index (χ0v) is 15.2. The lowest BCUT2D eigenvalue weighted by Crippen LogP contribution is -2.35. The van der Waals surface area contributed by atoms with Crippen LogP contribution in [0.2, 0.25) is 0 Å². The third kappa shape index (κ3) is 5.97. The molecule has 5 nitrogen and oxygen atoms in total. The highest BCUT2D eigenvalue weighted by molar-refractivity contribution is 5.91. The minimum absolute atomic E-state index is 0.00849. The number of hydrogen-bond donors (Lipinski definition) is 1. The first kappa shape index (κ1) is 20.2. The second-order valence-electron chi connectivity index (χ2n) is 6.45. The second kappa shape index (κ2) is 9.07. The molecule has 0 atom stereocenters. The third-order valence-corrected chi connectivity index (χ3v) is 4.28. The number of amides is 1. The SMILES string of the molecule is O=C(COc1cccc(C(F)(F)F)c1)Nc1ccc(CN2CCOCC2)cc1. The van der Waals surface area contributed by atoms with E-state index < -0.39 is 17.6 Å². The molecule has 1 saturated heterocycles. The van der Waals surface area contributed by atoms with Crippen LogP contribution in [0, 0.1) is 0 Å². The summed E-state index contributed by atoms with van der Waals surface area (Å²) in [5, 5.41) is 2.67. The van der Waals surface area contributed by atoms with Crippen LogP contribution >= 0.6 is 0 Å². The molecule has 1 aliphatic rings. The molecule has 1 fully saturated rings. The highest BCUT2D eigenvalue weighted by Gasteiger charge is 2.30. The molecule has 1 amide bonds. The van der Waals surface area contributed by atoms with Crippen molar-refractivity contribution in [2.75, 3.05) is 38.2 Å². The summed E-state index contributed by atoms with van der Waals surface area (Å²) in [6, 6.07) is 11.9. The number of hydrogen-bond acceptors (Lipinski definition) is 4. The van der Waals surface area contributed by atoms with Gasteiger partial charge in [0.15, 0.2) is 6.61 Å². The molecule has 0 saturated carbocycles. The Bertz CT molecular complexity index is 788. The van der Waals surface area contributed by atoms with Gasteiger partial charge in [-0.15, -0.1) is 0 Å². The van der Waals surface area contributed by atoms with Gasteiger partial charge in [-0.2, -0.15) is 13.2 Å². The Labute approximate surface area is 161 Å². The van der Waals surface area contributed by atoms with Crippen LogP contribution in [0.1, 0.15) is 11.1 Å². The molecule has 0 radical (unpaired) electrons. The lowest BCUT2D eigenvalue weighted by atomic mass is 10.2. The fourth-order valence-corrected chi connectivity index (χ4v) is 2.82. The van der Waals surface area contributed by atoms with Crippen molar-refractivity contribution in [3.05, 3.63) is 59.7 Å². The van der Waals surface area contributed by atoms with Crippen LogP contribution in [0.4, 0.5) is 18.9 Å². The van der Waals surface area contributed by atoms with Gasteiger partial charge in [0.1, 0.15) is 5.75 Å². The minimum Gasteiger partial charge on any atom is -0.484 e. The van der Waals surface area contributed by atoms with E-state index in [2.05, 4.69) is 10.2 Å². The summed E-state index contributed by atoms with van der Waals surface area (Å²) < 4.78 is 48.6. The van der Waals surface area contributed by atoms with Gasteiger partial charge in [0.2, 0.25) is 0 Å². The first-order valence-electron chi connectivity index (χ1n) is 8.89.